The summed E-state index contributed by atoms with van der Waals surface area (Å²) in [6, 6.07) is 16.1. The normalized spacial score (nSPS) is 14.4. The Morgan fingerprint density at radius 2 is 1.72 bits per heavy atom. The van der Waals surface area contributed by atoms with E-state index in [0.29, 0.717) is 17.9 Å². The van der Waals surface area contributed by atoms with Gasteiger partial charge < -0.3 is 14.8 Å². The van der Waals surface area contributed by atoms with Crippen molar-refractivity contribution in [3.63, 3.8) is 0 Å². The highest BCUT2D eigenvalue weighted by atomic mass is 16.5. The molecule has 1 aliphatic rings. The molecule has 0 fully saturated rings. The summed E-state index contributed by atoms with van der Waals surface area (Å²) in [5, 5.41) is 2.85. The van der Waals surface area contributed by atoms with Crippen molar-refractivity contribution in [2.45, 2.75) is 45.1 Å². The van der Waals surface area contributed by atoms with E-state index in [9.17, 15) is 9.59 Å². The molecule has 0 unspecified atom stereocenters. The molecule has 1 amide bonds. The second-order valence-corrected chi connectivity index (χ2v) is 7.14. The van der Waals surface area contributed by atoms with Crippen molar-refractivity contribution < 1.29 is 19.1 Å². The number of ether oxygens (including phenoxy) is 2. The topological polar surface area (TPSA) is 64.6 Å². The Balaban J connectivity index is 1.44. The van der Waals surface area contributed by atoms with Gasteiger partial charge in [-0.25, -0.2) is 4.79 Å². The van der Waals surface area contributed by atoms with E-state index in [2.05, 4.69) is 11.4 Å². The smallest absolute Gasteiger partial charge is 0.338 e. The van der Waals surface area contributed by atoms with Gasteiger partial charge in [0.05, 0.1) is 5.56 Å². The van der Waals surface area contributed by atoms with Gasteiger partial charge in [0.25, 0.3) is 5.91 Å². The molecular weight excluding hydrogens is 366 g/mol. The number of carbonyl (C=O) groups excluding carboxylic acids is 2. The molecule has 0 spiro atoms. The molecule has 0 radical (unpaired) electrons. The van der Waals surface area contributed by atoms with Crippen LogP contribution in [0, 0.1) is 0 Å². The van der Waals surface area contributed by atoms with E-state index in [4.69, 9.17) is 9.47 Å². The summed E-state index contributed by atoms with van der Waals surface area (Å²) in [4.78, 5) is 24.5. The highest BCUT2D eigenvalue weighted by Crippen LogP contribution is 2.22. The van der Waals surface area contributed by atoms with Crippen molar-refractivity contribution in [1.82, 2.24) is 5.32 Å². The maximum absolute atomic E-state index is 12.3. The predicted octanol–water partition coefficient (Wildman–Crippen LogP) is 5.03. The van der Waals surface area contributed by atoms with Gasteiger partial charge >= 0.3 is 5.97 Å². The number of allylic oxidation sites excluding steroid dienone is 1. The Labute approximate surface area is 171 Å². The number of hydrogen-bond donors (Lipinski definition) is 1. The third-order valence-electron chi connectivity index (χ3n) is 4.85. The minimum Gasteiger partial charge on any atom is -0.457 e. The molecule has 152 valence electrons. The molecule has 0 saturated carbocycles. The van der Waals surface area contributed by atoms with E-state index < -0.39 is 12.1 Å². The second-order valence-electron chi connectivity index (χ2n) is 7.14. The number of hydrogen-bond acceptors (Lipinski definition) is 4. The van der Waals surface area contributed by atoms with Gasteiger partial charge in [-0.2, -0.15) is 0 Å². The van der Waals surface area contributed by atoms with Crippen LogP contribution in [0.15, 0.2) is 66.2 Å². The van der Waals surface area contributed by atoms with Crippen molar-refractivity contribution in [1.29, 1.82) is 0 Å². The Morgan fingerprint density at radius 1 is 1.00 bits per heavy atom. The molecule has 0 saturated heterocycles. The van der Waals surface area contributed by atoms with Crippen molar-refractivity contribution in [3.8, 4) is 11.5 Å². The number of amides is 1. The molecule has 1 N–H and O–H groups in total. The summed E-state index contributed by atoms with van der Waals surface area (Å²) in [6.45, 7) is 2.15. The molecule has 0 bridgehead atoms. The Hall–Kier alpha value is -3.08. The van der Waals surface area contributed by atoms with Crippen LogP contribution >= 0.6 is 0 Å². The van der Waals surface area contributed by atoms with Crippen LogP contribution in [0.4, 0.5) is 0 Å². The number of carbonyl (C=O) groups is 2. The van der Waals surface area contributed by atoms with Gasteiger partial charge in [-0.3, -0.25) is 4.79 Å². The SMILES string of the molecule is C[C@H](OC(=O)c1ccc(Oc2ccccc2)cc1)C(=O)NCCC1=CCCCC1. The summed E-state index contributed by atoms with van der Waals surface area (Å²) >= 11 is 0. The molecule has 3 rings (SSSR count). The Morgan fingerprint density at radius 3 is 2.41 bits per heavy atom. The van der Waals surface area contributed by atoms with Crippen LogP contribution in [0.5, 0.6) is 11.5 Å². The standard InChI is InChI=1S/C24H27NO4/c1-18(23(26)25-17-16-19-8-4-2-5-9-19)28-24(27)20-12-14-22(15-13-20)29-21-10-6-3-7-11-21/h3,6-8,10-15,18H,2,4-5,9,16-17H2,1H3,(H,25,26)/t18-/m0/s1. The van der Waals surface area contributed by atoms with Crippen LogP contribution in [0.2, 0.25) is 0 Å². The summed E-state index contributed by atoms with van der Waals surface area (Å²) in [6.07, 6.45) is 7.00. The number of para-hydroxylation sites is 1. The minimum absolute atomic E-state index is 0.279. The summed E-state index contributed by atoms with van der Waals surface area (Å²) in [5.41, 5.74) is 1.77. The van der Waals surface area contributed by atoms with E-state index in [1.807, 2.05) is 30.3 Å². The lowest BCUT2D eigenvalue weighted by Gasteiger charge is -2.15. The molecule has 5 heteroatoms. The summed E-state index contributed by atoms with van der Waals surface area (Å²) in [7, 11) is 0. The van der Waals surface area contributed by atoms with Crippen LogP contribution in [-0.2, 0) is 9.53 Å². The number of rotatable bonds is 8. The Kier molecular flexibility index (Phi) is 7.45. The first-order valence-electron chi connectivity index (χ1n) is 10.1. The third kappa shape index (κ3) is 6.49. The maximum atomic E-state index is 12.3. The van der Waals surface area contributed by atoms with Gasteiger partial charge in [-0.15, -0.1) is 0 Å². The van der Waals surface area contributed by atoms with Crippen LogP contribution in [-0.4, -0.2) is 24.5 Å². The van der Waals surface area contributed by atoms with Gasteiger partial charge in [-0.1, -0.05) is 29.8 Å². The summed E-state index contributed by atoms with van der Waals surface area (Å²) < 4.78 is 11.0. The van der Waals surface area contributed by atoms with Gasteiger partial charge in [0, 0.05) is 6.54 Å². The molecule has 0 heterocycles. The van der Waals surface area contributed by atoms with E-state index in [-0.39, 0.29) is 5.91 Å². The number of esters is 1. The molecule has 29 heavy (non-hydrogen) atoms. The minimum atomic E-state index is -0.844. The summed E-state index contributed by atoms with van der Waals surface area (Å²) in [5.74, 6) is 0.528. The molecule has 1 atom stereocenters. The molecule has 5 nitrogen and oxygen atoms in total. The van der Waals surface area contributed by atoms with Gasteiger partial charge in [-0.05, 0) is 75.4 Å². The average molecular weight is 393 g/mol. The molecule has 0 aliphatic heterocycles. The third-order valence-corrected chi connectivity index (χ3v) is 4.85. The predicted molar refractivity (Wildman–Crippen MR) is 112 cm³/mol. The first-order chi connectivity index (χ1) is 14.1. The van der Waals surface area contributed by atoms with Gasteiger partial charge in [0.1, 0.15) is 11.5 Å². The van der Waals surface area contributed by atoms with E-state index >= 15 is 0 Å². The zero-order valence-electron chi connectivity index (χ0n) is 16.7. The highest BCUT2D eigenvalue weighted by molar-refractivity contribution is 5.92. The molecule has 0 aromatic heterocycles. The van der Waals surface area contributed by atoms with E-state index in [1.165, 1.54) is 18.4 Å². The van der Waals surface area contributed by atoms with Crippen LogP contribution in [0.25, 0.3) is 0 Å². The quantitative estimate of drug-likeness (QED) is 0.505. The van der Waals surface area contributed by atoms with Crippen molar-refractivity contribution >= 4 is 11.9 Å². The fourth-order valence-corrected chi connectivity index (χ4v) is 3.19. The zero-order valence-corrected chi connectivity index (χ0v) is 16.7. The van der Waals surface area contributed by atoms with Crippen LogP contribution < -0.4 is 10.1 Å². The lowest BCUT2D eigenvalue weighted by molar-refractivity contribution is -0.129. The molecule has 1 aliphatic carbocycles. The average Bonchev–Trinajstić information content (AvgIpc) is 2.75. The van der Waals surface area contributed by atoms with Gasteiger partial charge in [0.2, 0.25) is 0 Å². The number of benzene rings is 2. The monoisotopic (exact) mass is 393 g/mol. The molecular formula is C24H27NO4. The molecule has 2 aromatic rings. The lowest BCUT2D eigenvalue weighted by Crippen LogP contribution is -2.36. The first-order valence-corrected chi connectivity index (χ1v) is 10.1. The van der Waals surface area contributed by atoms with Crippen molar-refractivity contribution in [2.75, 3.05) is 6.54 Å². The van der Waals surface area contributed by atoms with Crippen LogP contribution in [0.1, 0.15) is 49.4 Å². The maximum Gasteiger partial charge on any atom is 0.338 e. The second kappa shape index (κ2) is 10.5. The lowest BCUT2D eigenvalue weighted by atomic mass is 9.97. The van der Waals surface area contributed by atoms with E-state index in [1.54, 1.807) is 31.2 Å². The number of nitrogens with one attached hydrogen (secondary N) is 1. The Bertz CT molecular complexity index is 843. The van der Waals surface area contributed by atoms with Crippen molar-refractivity contribution in [2.24, 2.45) is 0 Å². The highest BCUT2D eigenvalue weighted by Gasteiger charge is 2.19. The zero-order chi connectivity index (χ0) is 20.5. The molecule has 2 aromatic carbocycles. The first kappa shape index (κ1) is 20.6. The van der Waals surface area contributed by atoms with Gasteiger partial charge in [0.15, 0.2) is 6.10 Å². The fourth-order valence-electron chi connectivity index (χ4n) is 3.19. The van der Waals surface area contributed by atoms with Crippen LogP contribution in [0.3, 0.4) is 0 Å². The largest absolute Gasteiger partial charge is 0.457 e. The van der Waals surface area contributed by atoms with Crippen molar-refractivity contribution in [3.05, 3.63) is 71.8 Å². The van der Waals surface area contributed by atoms with E-state index in [0.717, 1.165) is 25.0 Å². The fraction of sp³-hybridized carbons (Fsp3) is 0.333.